The minimum Gasteiger partial charge on any atom is -0.463 e. The molecule has 0 aliphatic heterocycles. The molecule has 0 radical (unpaired) electrons. The first-order valence-corrected chi connectivity index (χ1v) is 4.20. The molecule has 1 amide bonds. The van der Waals surface area contributed by atoms with Crippen LogP contribution in [-0.2, 0) is 4.84 Å². The molecule has 0 aromatic carbocycles. The first-order chi connectivity index (χ1) is 5.37. The molecule has 4 nitrogen and oxygen atoms in total. The van der Waals surface area contributed by atoms with Crippen molar-refractivity contribution >= 4 is 40.9 Å². The van der Waals surface area contributed by atoms with Gasteiger partial charge < -0.3 is 5.11 Å². The number of carboxylic acid groups (broad SMARTS) is 1. The number of hydrogen-bond donors (Lipinski definition) is 1. The standard InChI is InChI=1S/C5H8Cl3NO3/c1-2-9(4(10)11)12-3-5(6,7)8/h2-3H2,1H3,(H,10,11). The molecule has 0 spiro atoms. The Hall–Kier alpha value is 0.1000. The molecule has 0 heterocycles. The molecule has 1 N–H and O–H groups in total. The van der Waals surface area contributed by atoms with Crippen molar-refractivity contribution in [3.05, 3.63) is 0 Å². The molecule has 12 heavy (non-hydrogen) atoms. The SMILES string of the molecule is CCN(OCC(Cl)(Cl)Cl)C(=O)O. The second-order valence-corrected chi connectivity index (χ2v) is 4.38. The topological polar surface area (TPSA) is 49.8 Å². The van der Waals surface area contributed by atoms with Crippen LogP contribution in [0.5, 0.6) is 0 Å². The van der Waals surface area contributed by atoms with Crippen molar-refractivity contribution in [2.24, 2.45) is 0 Å². The normalized spacial score (nSPS) is 11.3. The Morgan fingerprint density at radius 2 is 2.08 bits per heavy atom. The first-order valence-electron chi connectivity index (χ1n) is 3.07. The van der Waals surface area contributed by atoms with Gasteiger partial charge in [0.15, 0.2) is 0 Å². The van der Waals surface area contributed by atoms with Gasteiger partial charge in [-0.05, 0) is 6.92 Å². The number of rotatable bonds is 3. The number of halogens is 3. The van der Waals surface area contributed by atoms with Crippen LogP contribution in [0.4, 0.5) is 4.79 Å². The highest BCUT2D eigenvalue weighted by molar-refractivity contribution is 6.67. The summed E-state index contributed by atoms with van der Waals surface area (Å²) in [5.41, 5.74) is 0. The van der Waals surface area contributed by atoms with Crippen LogP contribution in [0.25, 0.3) is 0 Å². The van der Waals surface area contributed by atoms with E-state index >= 15 is 0 Å². The summed E-state index contributed by atoms with van der Waals surface area (Å²) in [5.74, 6) is 0. The van der Waals surface area contributed by atoms with E-state index in [1.54, 1.807) is 6.92 Å². The summed E-state index contributed by atoms with van der Waals surface area (Å²) in [6, 6.07) is 0. The highest BCUT2D eigenvalue weighted by Crippen LogP contribution is 2.26. The molecule has 0 fully saturated rings. The fourth-order valence-electron chi connectivity index (χ4n) is 0.433. The second kappa shape index (κ2) is 4.97. The Morgan fingerprint density at radius 3 is 2.33 bits per heavy atom. The van der Waals surface area contributed by atoms with Gasteiger partial charge in [0.2, 0.25) is 3.79 Å². The molecule has 0 saturated carbocycles. The summed E-state index contributed by atoms with van der Waals surface area (Å²) in [7, 11) is 0. The zero-order valence-electron chi connectivity index (χ0n) is 6.26. The van der Waals surface area contributed by atoms with Gasteiger partial charge in [-0.15, -0.1) is 0 Å². The fraction of sp³-hybridized carbons (Fsp3) is 0.800. The lowest BCUT2D eigenvalue weighted by molar-refractivity contribution is -0.126. The summed E-state index contributed by atoms with van der Waals surface area (Å²) in [6.07, 6.45) is -1.22. The van der Waals surface area contributed by atoms with Crippen LogP contribution in [0, 0.1) is 0 Å². The highest BCUT2D eigenvalue weighted by Gasteiger charge is 2.23. The van der Waals surface area contributed by atoms with E-state index < -0.39 is 9.89 Å². The summed E-state index contributed by atoms with van der Waals surface area (Å²) in [6.45, 7) is 1.49. The van der Waals surface area contributed by atoms with Crippen LogP contribution in [0.1, 0.15) is 6.92 Å². The van der Waals surface area contributed by atoms with Crippen LogP contribution in [-0.4, -0.2) is 33.2 Å². The lowest BCUT2D eigenvalue weighted by atomic mass is 10.7. The van der Waals surface area contributed by atoms with Crippen LogP contribution in [0.15, 0.2) is 0 Å². The molecule has 0 aliphatic rings. The number of alkyl halides is 3. The maximum absolute atomic E-state index is 10.3. The summed E-state index contributed by atoms with van der Waals surface area (Å²) in [4.78, 5) is 15.0. The second-order valence-electron chi connectivity index (χ2n) is 1.87. The van der Waals surface area contributed by atoms with Gasteiger partial charge in [0.1, 0.15) is 6.61 Å². The Morgan fingerprint density at radius 1 is 1.58 bits per heavy atom. The third-order valence-electron chi connectivity index (χ3n) is 0.885. The maximum atomic E-state index is 10.3. The number of carbonyl (C=O) groups is 1. The molecule has 72 valence electrons. The van der Waals surface area contributed by atoms with Crippen molar-refractivity contribution in [3.63, 3.8) is 0 Å². The van der Waals surface area contributed by atoms with E-state index in [0.717, 1.165) is 0 Å². The van der Waals surface area contributed by atoms with Gasteiger partial charge in [0, 0.05) is 6.54 Å². The third-order valence-corrected chi connectivity index (χ3v) is 1.21. The molecular weight excluding hydrogens is 228 g/mol. The zero-order chi connectivity index (χ0) is 9.78. The Kier molecular flexibility index (Phi) is 5.01. The van der Waals surface area contributed by atoms with Crippen molar-refractivity contribution < 1.29 is 14.7 Å². The van der Waals surface area contributed by atoms with Gasteiger partial charge in [0.25, 0.3) is 0 Å². The van der Waals surface area contributed by atoms with Crippen molar-refractivity contribution in [1.82, 2.24) is 5.06 Å². The minimum absolute atomic E-state index is 0.177. The quantitative estimate of drug-likeness (QED) is 0.604. The van der Waals surface area contributed by atoms with Crippen molar-refractivity contribution in [1.29, 1.82) is 0 Å². The summed E-state index contributed by atoms with van der Waals surface area (Å²) in [5, 5.41) is 9.12. The average Bonchev–Trinajstić information content (AvgIpc) is 1.85. The third kappa shape index (κ3) is 5.71. The van der Waals surface area contributed by atoms with Crippen LogP contribution < -0.4 is 0 Å². The molecule has 0 aliphatic carbocycles. The van der Waals surface area contributed by atoms with Gasteiger partial charge in [-0.1, -0.05) is 34.8 Å². The number of nitrogens with zero attached hydrogens (tertiary/aromatic N) is 1. The van der Waals surface area contributed by atoms with E-state index in [-0.39, 0.29) is 13.2 Å². The minimum atomic E-state index is -1.59. The van der Waals surface area contributed by atoms with Crippen LogP contribution >= 0.6 is 34.8 Å². The van der Waals surface area contributed by atoms with Gasteiger partial charge in [-0.3, -0.25) is 4.84 Å². The summed E-state index contributed by atoms with van der Waals surface area (Å²) < 4.78 is -1.59. The summed E-state index contributed by atoms with van der Waals surface area (Å²) >= 11 is 16.0. The lowest BCUT2D eigenvalue weighted by Gasteiger charge is -2.19. The van der Waals surface area contributed by atoms with E-state index in [4.69, 9.17) is 39.9 Å². The Bertz CT molecular complexity index is 159. The van der Waals surface area contributed by atoms with E-state index in [0.29, 0.717) is 5.06 Å². The Labute approximate surface area is 84.9 Å². The smallest absolute Gasteiger partial charge is 0.431 e. The van der Waals surface area contributed by atoms with Gasteiger partial charge in [0.05, 0.1) is 0 Å². The molecule has 7 heteroatoms. The van der Waals surface area contributed by atoms with Crippen molar-refractivity contribution in [2.75, 3.05) is 13.2 Å². The molecule has 0 aromatic heterocycles. The Balaban J connectivity index is 3.81. The van der Waals surface area contributed by atoms with E-state index in [1.807, 2.05) is 0 Å². The van der Waals surface area contributed by atoms with E-state index in [9.17, 15) is 4.79 Å². The predicted molar refractivity (Wildman–Crippen MR) is 46.6 cm³/mol. The number of hydrogen-bond acceptors (Lipinski definition) is 2. The van der Waals surface area contributed by atoms with Crippen LogP contribution in [0.3, 0.4) is 0 Å². The molecule has 0 rings (SSSR count). The average molecular weight is 236 g/mol. The van der Waals surface area contributed by atoms with Crippen LogP contribution in [0.2, 0.25) is 0 Å². The maximum Gasteiger partial charge on any atom is 0.431 e. The van der Waals surface area contributed by atoms with Gasteiger partial charge in [-0.25, -0.2) is 4.79 Å². The number of amides is 1. The molecule has 0 bridgehead atoms. The van der Waals surface area contributed by atoms with E-state index in [2.05, 4.69) is 4.84 Å². The number of hydroxylamine groups is 2. The fourth-order valence-corrected chi connectivity index (χ4v) is 0.579. The highest BCUT2D eigenvalue weighted by atomic mass is 35.6. The van der Waals surface area contributed by atoms with Crippen molar-refractivity contribution in [2.45, 2.75) is 10.7 Å². The monoisotopic (exact) mass is 235 g/mol. The van der Waals surface area contributed by atoms with Gasteiger partial charge in [-0.2, -0.15) is 5.06 Å². The van der Waals surface area contributed by atoms with E-state index in [1.165, 1.54) is 0 Å². The first kappa shape index (κ1) is 12.1. The molecule has 0 unspecified atom stereocenters. The largest absolute Gasteiger partial charge is 0.463 e. The van der Waals surface area contributed by atoms with Crippen molar-refractivity contribution in [3.8, 4) is 0 Å². The molecule has 0 saturated heterocycles. The zero-order valence-corrected chi connectivity index (χ0v) is 8.53. The van der Waals surface area contributed by atoms with Gasteiger partial charge >= 0.3 is 6.09 Å². The molecular formula is C5H8Cl3NO3. The predicted octanol–water partition coefficient (Wildman–Crippen LogP) is 2.29. The molecule has 0 aromatic rings. The lowest BCUT2D eigenvalue weighted by Crippen LogP contribution is -2.32. The molecule has 0 atom stereocenters.